The standard InChI is InChI=1S/C16H21N9.HI/c1-17-16(21-9-12-5-3-4-6-18-12)20-8-7-19-14-13-10-24-25(2)15(13)23-11-22-14;/h3-6,10-11H,7-9H2,1-2H3,(H2,17,20,21)(H,19,22,23);1H. The zero-order valence-electron chi connectivity index (χ0n) is 14.7. The molecule has 0 radical (unpaired) electrons. The van der Waals surface area contributed by atoms with Gasteiger partial charge in [-0.2, -0.15) is 5.10 Å². The number of hydrogen-bond acceptors (Lipinski definition) is 6. The summed E-state index contributed by atoms with van der Waals surface area (Å²) >= 11 is 0. The minimum atomic E-state index is 0. The molecule has 3 rings (SSSR count). The molecular formula is C16H22IN9. The Labute approximate surface area is 168 Å². The number of anilines is 1. The van der Waals surface area contributed by atoms with E-state index in [0.717, 1.165) is 28.5 Å². The Balaban J connectivity index is 0.00000243. The van der Waals surface area contributed by atoms with Gasteiger partial charge in [-0.1, -0.05) is 6.07 Å². The van der Waals surface area contributed by atoms with Crippen molar-refractivity contribution in [1.29, 1.82) is 0 Å². The summed E-state index contributed by atoms with van der Waals surface area (Å²) in [6.07, 6.45) is 5.07. The Morgan fingerprint density at radius 3 is 2.81 bits per heavy atom. The van der Waals surface area contributed by atoms with Crippen molar-refractivity contribution in [3.63, 3.8) is 0 Å². The fraction of sp³-hybridized carbons (Fsp3) is 0.312. The Morgan fingerprint density at radius 1 is 1.15 bits per heavy atom. The van der Waals surface area contributed by atoms with Gasteiger partial charge in [-0.3, -0.25) is 14.7 Å². The Kier molecular flexibility index (Phi) is 7.51. The molecule has 0 fully saturated rings. The third-order valence-electron chi connectivity index (χ3n) is 3.63. The van der Waals surface area contributed by atoms with Crippen LogP contribution in [0.1, 0.15) is 5.69 Å². The average Bonchev–Trinajstić information content (AvgIpc) is 3.04. The SMILES string of the molecule is CN=C(NCCNc1ncnc2c1cnn2C)NCc1ccccn1.I. The first-order chi connectivity index (χ1) is 12.3. The van der Waals surface area contributed by atoms with E-state index in [2.05, 4.69) is 41.0 Å². The summed E-state index contributed by atoms with van der Waals surface area (Å²) in [5.74, 6) is 1.50. The molecule has 0 spiro atoms. The molecule has 0 aliphatic carbocycles. The van der Waals surface area contributed by atoms with Gasteiger partial charge in [0.2, 0.25) is 0 Å². The van der Waals surface area contributed by atoms with Crippen LogP contribution in [0.4, 0.5) is 5.82 Å². The second-order valence-electron chi connectivity index (χ2n) is 5.33. The molecule has 10 heteroatoms. The Morgan fingerprint density at radius 2 is 2.04 bits per heavy atom. The predicted molar refractivity (Wildman–Crippen MR) is 113 cm³/mol. The number of pyridine rings is 1. The van der Waals surface area contributed by atoms with Crippen LogP contribution in [0.3, 0.4) is 0 Å². The first-order valence-electron chi connectivity index (χ1n) is 7.99. The maximum atomic E-state index is 4.28. The molecule has 0 saturated carbocycles. The Bertz CT molecular complexity index is 847. The lowest BCUT2D eigenvalue weighted by atomic mass is 10.3. The van der Waals surface area contributed by atoms with Gasteiger partial charge in [-0.05, 0) is 12.1 Å². The van der Waals surface area contributed by atoms with Crippen molar-refractivity contribution < 1.29 is 0 Å². The van der Waals surface area contributed by atoms with Crippen molar-refractivity contribution in [2.24, 2.45) is 12.0 Å². The molecule has 138 valence electrons. The van der Waals surface area contributed by atoms with E-state index >= 15 is 0 Å². The molecule has 26 heavy (non-hydrogen) atoms. The van der Waals surface area contributed by atoms with Gasteiger partial charge in [-0.15, -0.1) is 24.0 Å². The number of aryl methyl sites for hydroxylation is 1. The number of guanidine groups is 1. The number of aromatic nitrogens is 5. The summed E-state index contributed by atoms with van der Waals surface area (Å²) in [6.45, 7) is 2.00. The zero-order valence-corrected chi connectivity index (χ0v) is 17.0. The van der Waals surface area contributed by atoms with E-state index in [1.165, 1.54) is 6.33 Å². The van der Waals surface area contributed by atoms with E-state index in [1.54, 1.807) is 24.1 Å². The highest BCUT2D eigenvalue weighted by molar-refractivity contribution is 14.0. The fourth-order valence-corrected chi connectivity index (χ4v) is 2.36. The van der Waals surface area contributed by atoms with Gasteiger partial charge < -0.3 is 16.0 Å². The lowest BCUT2D eigenvalue weighted by molar-refractivity contribution is 0.785. The van der Waals surface area contributed by atoms with E-state index in [4.69, 9.17) is 0 Å². The molecule has 0 bridgehead atoms. The van der Waals surface area contributed by atoms with Crippen LogP contribution < -0.4 is 16.0 Å². The van der Waals surface area contributed by atoms with Gasteiger partial charge >= 0.3 is 0 Å². The molecule has 0 aliphatic heterocycles. The van der Waals surface area contributed by atoms with Gasteiger partial charge in [0.25, 0.3) is 0 Å². The van der Waals surface area contributed by atoms with Crippen LogP contribution in [0.25, 0.3) is 11.0 Å². The van der Waals surface area contributed by atoms with E-state index in [1.807, 2.05) is 25.2 Å². The molecule has 3 heterocycles. The fourth-order valence-electron chi connectivity index (χ4n) is 2.36. The summed E-state index contributed by atoms with van der Waals surface area (Å²) in [7, 11) is 3.60. The van der Waals surface area contributed by atoms with Crippen LogP contribution in [0.5, 0.6) is 0 Å². The summed E-state index contributed by atoms with van der Waals surface area (Å²) in [6, 6.07) is 5.83. The van der Waals surface area contributed by atoms with Gasteiger partial charge in [0, 0.05) is 33.4 Å². The smallest absolute Gasteiger partial charge is 0.191 e. The van der Waals surface area contributed by atoms with Crippen LogP contribution in [0.15, 0.2) is 41.9 Å². The lowest BCUT2D eigenvalue weighted by Gasteiger charge is -2.12. The number of nitrogens with zero attached hydrogens (tertiary/aromatic N) is 6. The second kappa shape index (κ2) is 9.85. The van der Waals surface area contributed by atoms with Crippen LogP contribution in [0.2, 0.25) is 0 Å². The lowest BCUT2D eigenvalue weighted by Crippen LogP contribution is -2.39. The first-order valence-corrected chi connectivity index (χ1v) is 7.99. The number of nitrogens with one attached hydrogen (secondary N) is 3. The quantitative estimate of drug-likeness (QED) is 0.216. The molecule has 0 aliphatic rings. The number of rotatable bonds is 6. The van der Waals surface area contributed by atoms with Crippen LogP contribution in [-0.4, -0.2) is 50.8 Å². The maximum absolute atomic E-state index is 4.28. The molecule has 0 saturated heterocycles. The maximum Gasteiger partial charge on any atom is 0.191 e. The third-order valence-corrected chi connectivity index (χ3v) is 3.63. The van der Waals surface area contributed by atoms with E-state index in [-0.39, 0.29) is 24.0 Å². The molecule has 3 N–H and O–H groups in total. The molecule has 3 aromatic heterocycles. The van der Waals surface area contributed by atoms with Crippen LogP contribution >= 0.6 is 24.0 Å². The van der Waals surface area contributed by atoms with Gasteiger partial charge in [0.15, 0.2) is 11.6 Å². The van der Waals surface area contributed by atoms with Gasteiger partial charge in [0.1, 0.15) is 12.1 Å². The van der Waals surface area contributed by atoms with Crippen molar-refractivity contribution >= 4 is 46.8 Å². The van der Waals surface area contributed by atoms with Crippen molar-refractivity contribution in [1.82, 2.24) is 35.4 Å². The molecular weight excluding hydrogens is 445 g/mol. The van der Waals surface area contributed by atoms with Crippen molar-refractivity contribution in [2.45, 2.75) is 6.54 Å². The minimum Gasteiger partial charge on any atom is -0.368 e. The highest BCUT2D eigenvalue weighted by Crippen LogP contribution is 2.16. The van der Waals surface area contributed by atoms with Crippen molar-refractivity contribution in [3.8, 4) is 0 Å². The molecule has 0 amide bonds. The summed E-state index contributed by atoms with van der Waals surface area (Å²) < 4.78 is 1.73. The first kappa shape index (κ1) is 19.8. The van der Waals surface area contributed by atoms with E-state index in [0.29, 0.717) is 19.6 Å². The zero-order chi connectivity index (χ0) is 17.5. The number of hydrogen-bond donors (Lipinski definition) is 3. The van der Waals surface area contributed by atoms with Gasteiger partial charge in [-0.25, -0.2) is 9.97 Å². The minimum absolute atomic E-state index is 0. The third kappa shape index (κ3) is 5.00. The highest BCUT2D eigenvalue weighted by atomic mass is 127. The summed E-state index contributed by atoms with van der Waals surface area (Å²) in [5, 5.41) is 14.9. The Hall–Kier alpha value is -2.50. The predicted octanol–water partition coefficient (Wildman–Crippen LogP) is 1.15. The average molecular weight is 467 g/mol. The van der Waals surface area contributed by atoms with Crippen molar-refractivity contribution in [3.05, 3.63) is 42.6 Å². The summed E-state index contributed by atoms with van der Waals surface area (Å²) in [5.41, 5.74) is 1.77. The monoisotopic (exact) mass is 467 g/mol. The van der Waals surface area contributed by atoms with Crippen molar-refractivity contribution in [2.75, 3.05) is 25.5 Å². The van der Waals surface area contributed by atoms with Crippen LogP contribution in [0, 0.1) is 0 Å². The molecule has 0 aromatic carbocycles. The van der Waals surface area contributed by atoms with Crippen LogP contribution in [-0.2, 0) is 13.6 Å². The number of aliphatic imine (C=N–C) groups is 1. The number of halogens is 1. The molecule has 9 nitrogen and oxygen atoms in total. The molecule has 0 atom stereocenters. The summed E-state index contributed by atoms with van der Waals surface area (Å²) in [4.78, 5) is 17.0. The number of fused-ring (bicyclic) bond motifs is 1. The largest absolute Gasteiger partial charge is 0.368 e. The topological polar surface area (TPSA) is 105 Å². The highest BCUT2D eigenvalue weighted by Gasteiger charge is 2.07. The molecule has 0 unspecified atom stereocenters. The van der Waals surface area contributed by atoms with E-state index in [9.17, 15) is 0 Å². The normalized spacial score (nSPS) is 11.1. The van der Waals surface area contributed by atoms with E-state index < -0.39 is 0 Å². The second-order valence-corrected chi connectivity index (χ2v) is 5.33. The molecule has 3 aromatic rings. The van der Waals surface area contributed by atoms with Gasteiger partial charge in [0.05, 0.1) is 23.8 Å².